The number of halogens is 1. The number of benzene rings is 2. The summed E-state index contributed by atoms with van der Waals surface area (Å²) in [5.41, 5.74) is 1.44. The van der Waals surface area contributed by atoms with E-state index in [9.17, 15) is 9.90 Å². The lowest BCUT2D eigenvalue weighted by atomic mass is 10.1. The third-order valence-corrected chi connectivity index (χ3v) is 5.46. The lowest BCUT2D eigenvalue weighted by Crippen LogP contribution is -2.48. The maximum absolute atomic E-state index is 13.0. The van der Waals surface area contributed by atoms with Crippen molar-refractivity contribution in [2.24, 2.45) is 5.92 Å². The Hall–Kier alpha value is -2.60. The van der Waals surface area contributed by atoms with Crippen LogP contribution in [0.4, 0.5) is 5.69 Å². The van der Waals surface area contributed by atoms with Crippen LogP contribution in [0, 0.1) is 5.92 Å². The molecule has 0 atom stereocenters. The molecule has 0 aromatic heterocycles. The van der Waals surface area contributed by atoms with Gasteiger partial charge in [-0.25, -0.2) is 0 Å². The Balaban J connectivity index is 1.67. The van der Waals surface area contributed by atoms with Crippen LogP contribution in [0.5, 0.6) is 17.2 Å². The fourth-order valence-electron chi connectivity index (χ4n) is 3.42. The summed E-state index contributed by atoms with van der Waals surface area (Å²) in [5.74, 6) is 1.62. The van der Waals surface area contributed by atoms with Crippen LogP contribution in [0.25, 0.3) is 0 Å². The first-order chi connectivity index (χ1) is 14.4. The summed E-state index contributed by atoms with van der Waals surface area (Å²) in [4.78, 5) is 17.0. The molecular weight excluding hydrogens is 404 g/mol. The van der Waals surface area contributed by atoms with Crippen molar-refractivity contribution in [3.8, 4) is 17.2 Å². The maximum atomic E-state index is 13.0. The van der Waals surface area contributed by atoms with E-state index in [2.05, 4.69) is 18.7 Å². The third-order valence-electron chi connectivity index (χ3n) is 5.18. The van der Waals surface area contributed by atoms with Gasteiger partial charge in [0, 0.05) is 43.5 Å². The Morgan fingerprint density at radius 3 is 2.53 bits per heavy atom. The smallest absolute Gasteiger partial charge is 0.254 e. The third kappa shape index (κ3) is 5.30. The largest absolute Gasteiger partial charge is 0.508 e. The van der Waals surface area contributed by atoms with Gasteiger partial charge in [0.05, 0.1) is 18.7 Å². The fourth-order valence-corrected chi connectivity index (χ4v) is 3.69. The van der Waals surface area contributed by atoms with Gasteiger partial charge in [-0.1, -0.05) is 31.5 Å². The van der Waals surface area contributed by atoms with Crippen molar-refractivity contribution in [3.63, 3.8) is 0 Å². The van der Waals surface area contributed by atoms with Gasteiger partial charge in [0.15, 0.2) is 11.5 Å². The van der Waals surface area contributed by atoms with E-state index >= 15 is 0 Å². The second-order valence-electron chi connectivity index (χ2n) is 7.82. The van der Waals surface area contributed by atoms with Gasteiger partial charge < -0.3 is 24.4 Å². The van der Waals surface area contributed by atoms with Gasteiger partial charge in [-0.3, -0.25) is 4.79 Å². The second kappa shape index (κ2) is 9.94. The van der Waals surface area contributed by atoms with E-state index < -0.39 is 0 Å². The minimum atomic E-state index is -0.0838. The summed E-state index contributed by atoms with van der Waals surface area (Å²) in [6.45, 7) is 7.35. The normalized spacial score (nSPS) is 14.2. The van der Waals surface area contributed by atoms with E-state index in [0.29, 0.717) is 60.8 Å². The molecule has 6 nitrogen and oxygen atoms in total. The molecule has 2 aromatic carbocycles. The van der Waals surface area contributed by atoms with Crippen molar-refractivity contribution >= 4 is 23.2 Å². The van der Waals surface area contributed by atoms with Crippen LogP contribution in [0.2, 0.25) is 5.02 Å². The molecule has 0 saturated carbocycles. The number of carbonyl (C=O) groups is 1. The topological polar surface area (TPSA) is 62.2 Å². The Morgan fingerprint density at radius 2 is 1.90 bits per heavy atom. The van der Waals surface area contributed by atoms with Crippen molar-refractivity contribution < 1.29 is 19.4 Å². The van der Waals surface area contributed by atoms with Crippen LogP contribution in [-0.4, -0.2) is 55.8 Å². The molecule has 2 aromatic rings. The van der Waals surface area contributed by atoms with Gasteiger partial charge in [0.25, 0.3) is 5.91 Å². The van der Waals surface area contributed by atoms with Gasteiger partial charge >= 0.3 is 0 Å². The first-order valence-corrected chi connectivity index (χ1v) is 10.6. The molecule has 0 bridgehead atoms. The molecule has 0 unspecified atom stereocenters. The Kier molecular flexibility index (Phi) is 7.32. The molecule has 0 radical (unpaired) electrons. The van der Waals surface area contributed by atoms with Crippen molar-refractivity contribution in [3.05, 3.63) is 47.0 Å². The minimum absolute atomic E-state index is 0.0838. The number of anilines is 1. The van der Waals surface area contributed by atoms with Gasteiger partial charge in [0.2, 0.25) is 0 Å². The second-order valence-corrected chi connectivity index (χ2v) is 8.23. The maximum Gasteiger partial charge on any atom is 0.254 e. The van der Waals surface area contributed by atoms with E-state index in [1.807, 2.05) is 17.0 Å². The Labute approximate surface area is 183 Å². The van der Waals surface area contributed by atoms with Gasteiger partial charge in [0.1, 0.15) is 5.75 Å². The molecule has 7 heteroatoms. The van der Waals surface area contributed by atoms with Crippen molar-refractivity contribution in [2.75, 3.05) is 44.8 Å². The van der Waals surface area contributed by atoms with Gasteiger partial charge in [-0.05, 0) is 36.6 Å². The number of rotatable bonds is 7. The molecule has 30 heavy (non-hydrogen) atoms. The van der Waals surface area contributed by atoms with E-state index in [0.717, 1.165) is 12.1 Å². The molecule has 1 heterocycles. The molecule has 162 valence electrons. The number of methoxy groups -OCH3 is 1. The van der Waals surface area contributed by atoms with Gasteiger partial charge in [-0.15, -0.1) is 0 Å². The van der Waals surface area contributed by atoms with E-state index in [1.165, 1.54) is 0 Å². The Bertz CT molecular complexity index is 880. The van der Waals surface area contributed by atoms with Crippen LogP contribution in [0.1, 0.15) is 30.6 Å². The average Bonchev–Trinajstić information content (AvgIpc) is 2.74. The lowest BCUT2D eigenvalue weighted by Gasteiger charge is -2.36. The van der Waals surface area contributed by atoms with Crippen LogP contribution >= 0.6 is 11.6 Å². The van der Waals surface area contributed by atoms with Crippen molar-refractivity contribution in [2.45, 2.75) is 20.3 Å². The minimum Gasteiger partial charge on any atom is -0.508 e. The molecule has 3 rings (SSSR count). The highest BCUT2D eigenvalue weighted by molar-refractivity contribution is 6.32. The summed E-state index contributed by atoms with van der Waals surface area (Å²) >= 11 is 6.42. The predicted octanol–water partition coefficient (Wildman–Crippen LogP) is 4.44. The van der Waals surface area contributed by atoms with Gasteiger partial charge in [-0.2, -0.15) is 0 Å². The summed E-state index contributed by atoms with van der Waals surface area (Å²) in [5, 5.41) is 10.1. The predicted molar refractivity (Wildman–Crippen MR) is 119 cm³/mol. The molecular formula is C23H29ClN2O4. The number of ether oxygens (including phenoxy) is 2. The number of nitrogens with zero attached hydrogens (tertiary/aromatic N) is 2. The highest BCUT2D eigenvalue weighted by atomic mass is 35.5. The standard InChI is InChI=1S/C23H29ClN2O4/c1-16(2)7-12-30-22-20(24)13-17(14-21(22)29-3)23(28)26-10-8-25(9-11-26)18-5-4-6-19(27)15-18/h4-6,13-16,27H,7-12H2,1-3H3. The number of aromatic hydroxyl groups is 1. The van der Waals surface area contributed by atoms with Crippen LogP contribution in [0.3, 0.4) is 0 Å². The number of phenolic OH excluding ortho intramolecular Hbond substituents is 1. The number of carbonyl (C=O) groups excluding carboxylic acids is 1. The molecule has 1 N–H and O–H groups in total. The van der Waals surface area contributed by atoms with E-state index in [-0.39, 0.29) is 11.7 Å². The monoisotopic (exact) mass is 432 g/mol. The zero-order chi connectivity index (χ0) is 21.7. The molecule has 1 aliphatic heterocycles. The number of piperazine rings is 1. The quantitative estimate of drug-likeness (QED) is 0.700. The molecule has 1 aliphatic rings. The van der Waals surface area contributed by atoms with Crippen molar-refractivity contribution in [1.82, 2.24) is 4.90 Å². The SMILES string of the molecule is COc1cc(C(=O)N2CCN(c3cccc(O)c3)CC2)cc(Cl)c1OCCC(C)C. The number of amides is 1. The zero-order valence-electron chi connectivity index (χ0n) is 17.7. The summed E-state index contributed by atoms with van der Waals surface area (Å²) < 4.78 is 11.2. The molecule has 1 saturated heterocycles. The Morgan fingerprint density at radius 1 is 1.17 bits per heavy atom. The molecule has 1 amide bonds. The fraction of sp³-hybridized carbons (Fsp3) is 0.435. The van der Waals surface area contributed by atoms with Crippen LogP contribution in [0.15, 0.2) is 36.4 Å². The van der Waals surface area contributed by atoms with E-state index in [1.54, 1.807) is 31.4 Å². The molecule has 1 fully saturated rings. The lowest BCUT2D eigenvalue weighted by molar-refractivity contribution is 0.0746. The summed E-state index contributed by atoms with van der Waals surface area (Å²) in [6.07, 6.45) is 0.906. The van der Waals surface area contributed by atoms with Crippen LogP contribution in [-0.2, 0) is 0 Å². The molecule has 0 spiro atoms. The highest BCUT2D eigenvalue weighted by Gasteiger charge is 2.24. The number of hydrogen-bond donors (Lipinski definition) is 1. The first kappa shape index (κ1) is 22.1. The summed E-state index contributed by atoms with van der Waals surface area (Å²) in [6, 6.07) is 10.5. The average molecular weight is 433 g/mol. The van der Waals surface area contributed by atoms with Crippen LogP contribution < -0.4 is 14.4 Å². The number of hydrogen-bond acceptors (Lipinski definition) is 5. The summed E-state index contributed by atoms with van der Waals surface area (Å²) in [7, 11) is 1.54. The first-order valence-electron chi connectivity index (χ1n) is 10.2. The van der Waals surface area contributed by atoms with E-state index in [4.69, 9.17) is 21.1 Å². The van der Waals surface area contributed by atoms with Crippen molar-refractivity contribution in [1.29, 1.82) is 0 Å². The molecule has 0 aliphatic carbocycles. The number of phenols is 1. The highest BCUT2D eigenvalue weighted by Crippen LogP contribution is 2.37. The zero-order valence-corrected chi connectivity index (χ0v) is 18.5.